The summed E-state index contributed by atoms with van der Waals surface area (Å²) >= 11 is 6.66. The number of nitrogens with one attached hydrogen (secondary N) is 1. The van der Waals surface area contributed by atoms with Crippen LogP contribution in [0.2, 0.25) is 0 Å². The number of benzene rings is 2. The molecule has 0 unspecified atom stereocenters. The van der Waals surface area contributed by atoms with E-state index in [1.165, 1.54) is 0 Å². The van der Waals surface area contributed by atoms with Crippen molar-refractivity contribution in [3.05, 3.63) is 68.6 Å². The van der Waals surface area contributed by atoms with Crippen molar-refractivity contribution in [2.75, 3.05) is 5.32 Å². The number of nitriles is 1. The van der Waals surface area contributed by atoms with E-state index in [-0.39, 0.29) is 5.57 Å². The van der Waals surface area contributed by atoms with E-state index in [0.29, 0.717) is 5.69 Å². The van der Waals surface area contributed by atoms with Gasteiger partial charge in [0.25, 0.3) is 5.91 Å². The molecule has 1 amide bonds. The number of rotatable bonds is 3. The lowest BCUT2D eigenvalue weighted by Crippen LogP contribution is -2.13. The summed E-state index contributed by atoms with van der Waals surface area (Å²) in [4.78, 5) is 12.1. The smallest absolute Gasteiger partial charge is 0.266 e. The normalized spacial score (nSPS) is 10.8. The maximum atomic E-state index is 12.1. The van der Waals surface area contributed by atoms with E-state index in [1.54, 1.807) is 18.2 Å². The molecule has 0 aliphatic rings. The SMILES string of the molecule is N#C/C(=C/c1ccc(Br)cc1)C(=O)Nc1ccc(Br)cc1. The molecule has 0 spiro atoms. The number of amides is 1. The predicted molar refractivity (Wildman–Crippen MR) is 90.5 cm³/mol. The highest BCUT2D eigenvalue weighted by molar-refractivity contribution is 9.10. The molecule has 0 aliphatic carbocycles. The van der Waals surface area contributed by atoms with E-state index in [0.717, 1.165) is 14.5 Å². The zero-order valence-corrected chi connectivity index (χ0v) is 14.0. The van der Waals surface area contributed by atoms with Crippen LogP contribution in [0.1, 0.15) is 5.56 Å². The Morgan fingerprint density at radius 2 is 1.52 bits per heavy atom. The van der Waals surface area contributed by atoms with Gasteiger partial charge in [-0.3, -0.25) is 4.79 Å². The van der Waals surface area contributed by atoms with E-state index in [2.05, 4.69) is 37.2 Å². The highest BCUT2D eigenvalue weighted by Gasteiger charge is 2.09. The molecule has 0 fully saturated rings. The second-order valence-corrected chi connectivity index (χ2v) is 6.01. The Bertz CT molecular complexity index is 713. The summed E-state index contributed by atoms with van der Waals surface area (Å²) in [6, 6.07) is 16.4. The number of hydrogen-bond acceptors (Lipinski definition) is 2. The molecule has 3 nitrogen and oxygen atoms in total. The number of anilines is 1. The van der Waals surface area contributed by atoms with Gasteiger partial charge in [-0.25, -0.2) is 0 Å². The Balaban J connectivity index is 2.17. The third kappa shape index (κ3) is 4.55. The van der Waals surface area contributed by atoms with Crippen LogP contribution in [0.3, 0.4) is 0 Å². The molecule has 0 heterocycles. The van der Waals surface area contributed by atoms with Crippen LogP contribution in [0.25, 0.3) is 6.08 Å². The lowest BCUT2D eigenvalue weighted by molar-refractivity contribution is -0.112. The summed E-state index contributed by atoms with van der Waals surface area (Å²) in [6.45, 7) is 0. The minimum atomic E-state index is -0.428. The van der Waals surface area contributed by atoms with Gasteiger partial charge in [-0.1, -0.05) is 44.0 Å². The van der Waals surface area contributed by atoms with E-state index < -0.39 is 5.91 Å². The minimum Gasteiger partial charge on any atom is -0.321 e. The molecule has 0 radical (unpaired) electrons. The number of halogens is 2. The standard InChI is InChI=1S/C16H10Br2N2O/c17-13-3-1-11(2-4-13)9-12(10-19)16(21)20-15-7-5-14(18)6-8-15/h1-9H,(H,20,21)/b12-9-. The van der Waals surface area contributed by atoms with Gasteiger partial charge in [-0.05, 0) is 48.0 Å². The second-order valence-electron chi connectivity index (χ2n) is 4.18. The topological polar surface area (TPSA) is 52.9 Å². The summed E-state index contributed by atoms with van der Waals surface area (Å²) in [5, 5.41) is 11.8. The molecule has 2 aromatic rings. The second kappa shape index (κ2) is 7.21. The first-order valence-electron chi connectivity index (χ1n) is 6.03. The first kappa shape index (κ1) is 15.5. The van der Waals surface area contributed by atoms with Crippen molar-refractivity contribution < 1.29 is 4.79 Å². The minimum absolute atomic E-state index is 0.0558. The van der Waals surface area contributed by atoms with Gasteiger partial charge in [-0.2, -0.15) is 5.26 Å². The molecule has 0 aliphatic heterocycles. The van der Waals surface area contributed by atoms with Crippen LogP contribution >= 0.6 is 31.9 Å². The van der Waals surface area contributed by atoms with Crippen LogP contribution < -0.4 is 5.32 Å². The third-order valence-electron chi connectivity index (χ3n) is 2.65. The highest BCUT2D eigenvalue weighted by Crippen LogP contribution is 2.16. The molecule has 2 aromatic carbocycles. The summed E-state index contributed by atoms with van der Waals surface area (Å²) in [7, 11) is 0. The zero-order chi connectivity index (χ0) is 15.2. The molecular formula is C16H10Br2N2O. The summed E-state index contributed by atoms with van der Waals surface area (Å²) in [5.74, 6) is -0.428. The first-order valence-corrected chi connectivity index (χ1v) is 7.61. The van der Waals surface area contributed by atoms with Crippen molar-refractivity contribution in [2.24, 2.45) is 0 Å². The molecule has 104 valence electrons. The molecule has 0 saturated carbocycles. The largest absolute Gasteiger partial charge is 0.321 e. The molecule has 0 saturated heterocycles. The van der Waals surface area contributed by atoms with Crippen molar-refractivity contribution in [3.63, 3.8) is 0 Å². The van der Waals surface area contributed by atoms with E-state index >= 15 is 0 Å². The Morgan fingerprint density at radius 3 is 2.05 bits per heavy atom. The van der Waals surface area contributed by atoms with Crippen molar-refractivity contribution >= 4 is 49.5 Å². The van der Waals surface area contributed by atoms with Gasteiger partial charge in [0, 0.05) is 14.6 Å². The van der Waals surface area contributed by atoms with Crippen molar-refractivity contribution in [2.45, 2.75) is 0 Å². The number of carbonyl (C=O) groups is 1. The maximum Gasteiger partial charge on any atom is 0.266 e. The molecule has 2 rings (SSSR count). The van der Waals surface area contributed by atoms with Crippen LogP contribution in [0.5, 0.6) is 0 Å². The number of hydrogen-bond donors (Lipinski definition) is 1. The fourth-order valence-electron chi connectivity index (χ4n) is 1.61. The Labute approximate surface area is 139 Å². The van der Waals surface area contributed by atoms with Gasteiger partial charge in [-0.15, -0.1) is 0 Å². The van der Waals surface area contributed by atoms with Gasteiger partial charge < -0.3 is 5.32 Å². The van der Waals surface area contributed by atoms with Crippen LogP contribution in [0, 0.1) is 11.3 Å². The van der Waals surface area contributed by atoms with E-state index in [1.807, 2.05) is 42.5 Å². The lowest BCUT2D eigenvalue weighted by Gasteiger charge is -2.04. The molecular weight excluding hydrogens is 396 g/mol. The monoisotopic (exact) mass is 404 g/mol. The van der Waals surface area contributed by atoms with Crippen LogP contribution in [0.15, 0.2) is 63.0 Å². The van der Waals surface area contributed by atoms with Crippen molar-refractivity contribution in [1.82, 2.24) is 0 Å². The van der Waals surface area contributed by atoms with Crippen molar-refractivity contribution in [1.29, 1.82) is 5.26 Å². The van der Waals surface area contributed by atoms with Crippen molar-refractivity contribution in [3.8, 4) is 6.07 Å². The fraction of sp³-hybridized carbons (Fsp3) is 0. The summed E-state index contributed by atoms with van der Waals surface area (Å²) in [5.41, 5.74) is 1.49. The Morgan fingerprint density at radius 1 is 1.00 bits per heavy atom. The summed E-state index contributed by atoms with van der Waals surface area (Å²) in [6.07, 6.45) is 1.56. The highest BCUT2D eigenvalue weighted by atomic mass is 79.9. The van der Waals surface area contributed by atoms with Crippen LogP contribution in [0.4, 0.5) is 5.69 Å². The van der Waals surface area contributed by atoms with Crippen LogP contribution in [-0.2, 0) is 4.79 Å². The van der Waals surface area contributed by atoms with E-state index in [9.17, 15) is 4.79 Å². The molecule has 1 N–H and O–H groups in total. The first-order chi connectivity index (χ1) is 10.1. The quantitative estimate of drug-likeness (QED) is 0.591. The average molecular weight is 406 g/mol. The van der Waals surface area contributed by atoms with E-state index in [4.69, 9.17) is 5.26 Å². The van der Waals surface area contributed by atoms with Gasteiger partial charge >= 0.3 is 0 Å². The number of nitrogens with zero attached hydrogens (tertiary/aromatic N) is 1. The maximum absolute atomic E-state index is 12.1. The Hall–Kier alpha value is -1.90. The molecule has 21 heavy (non-hydrogen) atoms. The Kier molecular flexibility index (Phi) is 5.32. The van der Waals surface area contributed by atoms with Gasteiger partial charge in [0.2, 0.25) is 0 Å². The third-order valence-corrected chi connectivity index (χ3v) is 3.71. The fourth-order valence-corrected chi connectivity index (χ4v) is 2.13. The predicted octanol–water partition coefficient (Wildman–Crippen LogP) is 4.76. The average Bonchev–Trinajstić information content (AvgIpc) is 2.49. The molecule has 0 atom stereocenters. The lowest BCUT2D eigenvalue weighted by atomic mass is 10.1. The van der Waals surface area contributed by atoms with Crippen LogP contribution in [-0.4, -0.2) is 5.91 Å². The molecule has 5 heteroatoms. The van der Waals surface area contributed by atoms with Gasteiger partial charge in [0.05, 0.1) is 0 Å². The number of carbonyl (C=O) groups excluding carboxylic acids is 1. The molecule has 0 bridgehead atoms. The van der Waals surface area contributed by atoms with Gasteiger partial charge in [0.1, 0.15) is 11.6 Å². The zero-order valence-electron chi connectivity index (χ0n) is 10.8. The molecule has 0 aromatic heterocycles. The summed E-state index contributed by atoms with van der Waals surface area (Å²) < 4.78 is 1.86. The van der Waals surface area contributed by atoms with Gasteiger partial charge in [0.15, 0.2) is 0 Å².